The van der Waals surface area contributed by atoms with E-state index < -0.39 is 0 Å². The molecule has 5 heteroatoms. The van der Waals surface area contributed by atoms with E-state index in [1.54, 1.807) is 6.08 Å². The second kappa shape index (κ2) is 9.07. The fraction of sp³-hybridized carbons (Fsp3) is 0.786. The number of nitrogens with two attached hydrogens (primary N) is 1. The van der Waals surface area contributed by atoms with Crippen LogP contribution in [0.2, 0.25) is 0 Å². The van der Waals surface area contributed by atoms with Crippen molar-refractivity contribution in [2.45, 2.75) is 38.3 Å². The van der Waals surface area contributed by atoms with Gasteiger partial charge in [-0.1, -0.05) is 6.08 Å². The average molecular weight is 269 g/mol. The number of piperidine rings is 1. The third kappa shape index (κ3) is 5.72. The molecule has 1 saturated heterocycles. The van der Waals surface area contributed by atoms with Crippen LogP contribution in [0.3, 0.4) is 0 Å². The number of nitrogens with zero attached hydrogens (tertiary/aromatic N) is 1. The van der Waals surface area contributed by atoms with E-state index in [0.717, 1.165) is 39.0 Å². The lowest BCUT2D eigenvalue weighted by Gasteiger charge is -2.35. The Morgan fingerprint density at radius 1 is 1.58 bits per heavy atom. The molecule has 1 atom stereocenters. The Bertz CT molecular complexity index is 276. The zero-order chi connectivity index (χ0) is 14.1. The highest BCUT2D eigenvalue weighted by Gasteiger charge is 2.26. The van der Waals surface area contributed by atoms with Crippen LogP contribution >= 0.6 is 0 Å². The van der Waals surface area contributed by atoms with Gasteiger partial charge in [0.05, 0.1) is 12.1 Å². The maximum atomic E-state index is 11.8. The fourth-order valence-corrected chi connectivity index (χ4v) is 2.25. The Kier molecular flexibility index (Phi) is 7.70. The molecule has 5 nitrogen and oxygen atoms in total. The van der Waals surface area contributed by atoms with Crippen LogP contribution in [-0.2, 0) is 9.53 Å². The molecule has 1 heterocycles. The molecule has 0 aromatic rings. The van der Waals surface area contributed by atoms with Crippen LogP contribution in [0, 0.1) is 0 Å². The molecule has 0 spiro atoms. The van der Waals surface area contributed by atoms with Gasteiger partial charge in [-0.2, -0.15) is 0 Å². The van der Waals surface area contributed by atoms with Crippen molar-refractivity contribution in [3.63, 3.8) is 0 Å². The largest absolute Gasteiger partial charge is 0.378 e. The summed E-state index contributed by atoms with van der Waals surface area (Å²) < 4.78 is 5.76. The van der Waals surface area contributed by atoms with Gasteiger partial charge in [0.25, 0.3) is 0 Å². The van der Waals surface area contributed by atoms with Crippen LogP contribution in [0.5, 0.6) is 0 Å². The highest BCUT2D eigenvalue weighted by Crippen LogP contribution is 2.16. The number of likely N-dealkylation sites (tertiary alicyclic amines) is 1. The second-order valence-corrected chi connectivity index (χ2v) is 4.96. The number of ether oxygens (including phenoxy) is 1. The average Bonchev–Trinajstić information content (AvgIpc) is 2.45. The van der Waals surface area contributed by atoms with Gasteiger partial charge in [0, 0.05) is 26.2 Å². The SMILES string of the molecule is C=CCNC(=O)C(C)N1CCC(OCCCN)CC1. The first-order valence-corrected chi connectivity index (χ1v) is 7.13. The normalized spacial score (nSPS) is 19.1. The summed E-state index contributed by atoms with van der Waals surface area (Å²) >= 11 is 0. The number of carbonyl (C=O) groups excluding carboxylic acids is 1. The molecule has 0 aromatic heterocycles. The zero-order valence-corrected chi connectivity index (χ0v) is 11.9. The molecule has 19 heavy (non-hydrogen) atoms. The molecule has 110 valence electrons. The van der Waals surface area contributed by atoms with Crippen molar-refractivity contribution < 1.29 is 9.53 Å². The molecule has 3 N–H and O–H groups in total. The minimum atomic E-state index is -0.0788. The molecule has 1 aliphatic rings. The number of hydrogen-bond acceptors (Lipinski definition) is 4. The van der Waals surface area contributed by atoms with E-state index in [-0.39, 0.29) is 11.9 Å². The lowest BCUT2D eigenvalue weighted by atomic mass is 10.1. The highest BCUT2D eigenvalue weighted by molar-refractivity contribution is 5.81. The molecule has 0 bridgehead atoms. The van der Waals surface area contributed by atoms with E-state index in [1.165, 1.54) is 0 Å². The summed E-state index contributed by atoms with van der Waals surface area (Å²) in [4.78, 5) is 14.1. The smallest absolute Gasteiger partial charge is 0.237 e. The summed E-state index contributed by atoms with van der Waals surface area (Å²) in [6, 6.07) is -0.0788. The van der Waals surface area contributed by atoms with Crippen LogP contribution in [0.15, 0.2) is 12.7 Å². The van der Waals surface area contributed by atoms with Crippen molar-refractivity contribution in [3.05, 3.63) is 12.7 Å². The second-order valence-electron chi connectivity index (χ2n) is 4.96. The number of rotatable bonds is 8. The predicted molar refractivity (Wildman–Crippen MR) is 76.9 cm³/mol. The lowest BCUT2D eigenvalue weighted by Crippen LogP contribution is -2.49. The van der Waals surface area contributed by atoms with Gasteiger partial charge in [0.15, 0.2) is 0 Å². The van der Waals surface area contributed by atoms with Crippen LogP contribution < -0.4 is 11.1 Å². The van der Waals surface area contributed by atoms with Gasteiger partial charge in [-0.05, 0) is 32.7 Å². The Morgan fingerprint density at radius 2 is 2.26 bits per heavy atom. The number of carbonyl (C=O) groups is 1. The lowest BCUT2D eigenvalue weighted by molar-refractivity contribution is -0.126. The van der Waals surface area contributed by atoms with Gasteiger partial charge in [-0.25, -0.2) is 0 Å². The van der Waals surface area contributed by atoms with Gasteiger partial charge in [0.2, 0.25) is 5.91 Å². The van der Waals surface area contributed by atoms with E-state index in [4.69, 9.17) is 10.5 Å². The maximum absolute atomic E-state index is 11.8. The molecule has 1 amide bonds. The van der Waals surface area contributed by atoms with Gasteiger partial charge in [0.1, 0.15) is 0 Å². The Labute approximate surface area is 116 Å². The molecule has 0 aliphatic carbocycles. The monoisotopic (exact) mass is 269 g/mol. The van der Waals surface area contributed by atoms with E-state index in [9.17, 15) is 4.79 Å². The van der Waals surface area contributed by atoms with Crippen molar-refractivity contribution in [2.75, 3.05) is 32.8 Å². The van der Waals surface area contributed by atoms with Crippen LogP contribution in [0.4, 0.5) is 0 Å². The van der Waals surface area contributed by atoms with Crippen molar-refractivity contribution in [2.24, 2.45) is 5.73 Å². The van der Waals surface area contributed by atoms with Gasteiger partial charge < -0.3 is 15.8 Å². The molecule has 0 aromatic carbocycles. The topological polar surface area (TPSA) is 67.6 Å². The predicted octanol–water partition coefficient (Wildman–Crippen LogP) is 0.507. The van der Waals surface area contributed by atoms with E-state index >= 15 is 0 Å². The Balaban J connectivity index is 2.24. The first-order valence-electron chi connectivity index (χ1n) is 7.13. The van der Waals surface area contributed by atoms with E-state index in [1.807, 2.05) is 6.92 Å². The highest BCUT2D eigenvalue weighted by atomic mass is 16.5. The summed E-state index contributed by atoms with van der Waals surface area (Å²) in [5.41, 5.74) is 5.44. The van der Waals surface area contributed by atoms with E-state index in [0.29, 0.717) is 19.2 Å². The summed E-state index contributed by atoms with van der Waals surface area (Å²) in [5, 5.41) is 2.84. The van der Waals surface area contributed by atoms with Crippen LogP contribution in [0.25, 0.3) is 0 Å². The molecule has 0 radical (unpaired) electrons. The van der Waals surface area contributed by atoms with Gasteiger partial charge in [-0.3, -0.25) is 9.69 Å². The van der Waals surface area contributed by atoms with Crippen molar-refractivity contribution in [1.29, 1.82) is 0 Å². The minimum absolute atomic E-state index is 0.0717. The zero-order valence-electron chi connectivity index (χ0n) is 11.9. The van der Waals surface area contributed by atoms with Gasteiger partial charge in [-0.15, -0.1) is 6.58 Å². The van der Waals surface area contributed by atoms with Gasteiger partial charge >= 0.3 is 0 Å². The molecular weight excluding hydrogens is 242 g/mol. The molecule has 1 fully saturated rings. The van der Waals surface area contributed by atoms with Crippen LogP contribution in [0.1, 0.15) is 26.2 Å². The molecule has 1 unspecified atom stereocenters. The van der Waals surface area contributed by atoms with Crippen molar-refractivity contribution in [1.82, 2.24) is 10.2 Å². The summed E-state index contributed by atoms with van der Waals surface area (Å²) in [5.74, 6) is 0.0717. The first-order chi connectivity index (χ1) is 9.19. The summed E-state index contributed by atoms with van der Waals surface area (Å²) in [6.45, 7) is 9.33. The quantitative estimate of drug-likeness (QED) is 0.497. The Morgan fingerprint density at radius 3 is 2.84 bits per heavy atom. The fourth-order valence-electron chi connectivity index (χ4n) is 2.25. The maximum Gasteiger partial charge on any atom is 0.237 e. The standard InChI is InChI=1S/C14H27N3O2/c1-3-8-16-14(18)12(2)17-9-5-13(6-10-17)19-11-4-7-15/h3,12-13H,1,4-11,15H2,2H3,(H,16,18). The number of hydrogen-bond donors (Lipinski definition) is 2. The summed E-state index contributed by atoms with van der Waals surface area (Å²) in [6.07, 6.45) is 4.92. The first kappa shape index (κ1) is 16.1. The molecule has 1 aliphatic heterocycles. The number of amides is 1. The third-order valence-corrected chi connectivity index (χ3v) is 3.53. The van der Waals surface area contributed by atoms with Crippen LogP contribution in [-0.4, -0.2) is 55.7 Å². The van der Waals surface area contributed by atoms with Crippen molar-refractivity contribution in [3.8, 4) is 0 Å². The summed E-state index contributed by atoms with van der Waals surface area (Å²) in [7, 11) is 0. The van der Waals surface area contributed by atoms with E-state index in [2.05, 4.69) is 16.8 Å². The minimum Gasteiger partial charge on any atom is -0.378 e. The molecular formula is C14H27N3O2. The third-order valence-electron chi connectivity index (χ3n) is 3.53. The number of nitrogens with one attached hydrogen (secondary N) is 1. The van der Waals surface area contributed by atoms with Crippen molar-refractivity contribution >= 4 is 5.91 Å². The Hall–Kier alpha value is -0.910. The molecule has 1 rings (SSSR count). The molecule has 0 saturated carbocycles.